The number of esters is 1. The Morgan fingerprint density at radius 1 is 1.31 bits per heavy atom. The van der Waals surface area contributed by atoms with E-state index in [9.17, 15) is 4.79 Å². The highest BCUT2D eigenvalue weighted by atomic mass is 16.6. The first-order valence-electron chi connectivity index (χ1n) is 5.97. The Morgan fingerprint density at radius 2 is 1.75 bits per heavy atom. The SMILES string of the molecule is C=C(C)C(=O)OC(CC)(C(C)C)C(C)(C)C. The Labute approximate surface area is 100 Å². The van der Waals surface area contributed by atoms with Crippen molar-refractivity contribution in [2.45, 2.75) is 60.5 Å². The van der Waals surface area contributed by atoms with Crippen LogP contribution in [0.1, 0.15) is 54.9 Å². The Kier molecular flexibility index (Phi) is 4.78. The zero-order valence-electron chi connectivity index (χ0n) is 11.8. The average molecular weight is 226 g/mol. The minimum atomic E-state index is -0.428. The number of ether oxygens (including phenoxy) is 1. The largest absolute Gasteiger partial charge is 0.455 e. The predicted octanol–water partition coefficient (Wildman–Crippen LogP) is 3.96. The maximum absolute atomic E-state index is 11.7. The van der Waals surface area contributed by atoms with Gasteiger partial charge < -0.3 is 4.74 Å². The monoisotopic (exact) mass is 226 g/mol. The van der Waals surface area contributed by atoms with Crippen molar-refractivity contribution in [2.24, 2.45) is 11.3 Å². The van der Waals surface area contributed by atoms with E-state index in [2.05, 4.69) is 48.1 Å². The minimum absolute atomic E-state index is 0.0823. The van der Waals surface area contributed by atoms with E-state index in [0.29, 0.717) is 5.57 Å². The molecule has 2 nitrogen and oxygen atoms in total. The molecular weight excluding hydrogens is 200 g/mol. The smallest absolute Gasteiger partial charge is 0.333 e. The third-order valence-corrected chi connectivity index (χ3v) is 3.35. The van der Waals surface area contributed by atoms with E-state index in [-0.39, 0.29) is 17.3 Å². The van der Waals surface area contributed by atoms with Crippen molar-refractivity contribution in [3.8, 4) is 0 Å². The van der Waals surface area contributed by atoms with Crippen LogP contribution in [0.3, 0.4) is 0 Å². The second-order valence-corrected chi connectivity index (χ2v) is 5.82. The van der Waals surface area contributed by atoms with Crippen molar-refractivity contribution in [3.05, 3.63) is 12.2 Å². The van der Waals surface area contributed by atoms with E-state index < -0.39 is 5.60 Å². The fourth-order valence-electron chi connectivity index (χ4n) is 2.40. The molecular formula is C14H26O2. The first-order valence-corrected chi connectivity index (χ1v) is 5.97. The Bertz CT molecular complexity index is 271. The molecule has 0 saturated carbocycles. The highest BCUT2D eigenvalue weighted by Gasteiger charge is 2.46. The number of rotatable bonds is 4. The molecule has 0 radical (unpaired) electrons. The second-order valence-electron chi connectivity index (χ2n) is 5.82. The lowest BCUT2D eigenvalue weighted by Gasteiger charge is -2.46. The van der Waals surface area contributed by atoms with Gasteiger partial charge in [0.2, 0.25) is 0 Å². The van der Waals surface area contributed by atoms with E-state index in [1.165, 1.54) is 0 Å². The molecule has 0 aliphatic heterocycles. The van der Waals surface area contributed by atoms with Gasteiger partial charge in [-0.1, -0.05) is 48.1 Å². The molecule has 0 saturated heterocycles. The van der Waals surface area contributed by atoms with E-state index in [1.807, 2.05) is 0 Å². The maximum Gasteiger partial charge on any atom is 0.333 e. The Balaban J connectivity index is 5.24. The van der Waals surface area contributed by atoms with Crippen LogP contribution in [-0.2, 0) is 9.53 Å². The summed E-state index contributed by atoms with van der Waals surface area (Å²) in [7, 11) is 0. The Hall–Kier alpha value is -0.790. The molecule has 0 aliphatic rings. The van der Waals surface area contributed by atoms with Crippen LogP contribution in [0.2, 0.25) is 0 Å². The van der Waals surface area contributed by atoms with Gasteiger partial charge in [0.1, 0.15) is 5.60 Å². The predicted molar refractivity (Wildman–Crippen MR) is 68.2 cm³/mol. The molecule has 0 heterocycles. The number of hydrogen-bond donors (Lipinski definition) is 0. The van der Waals surface area contributed by atoms with Crippen molar-refractivity contribution in [1.82, 2.24) is 0 Å². The van der Waals surface area contributed by atoms with Crippen molar-refractivity contribution < 1.29 is 9.53 Å². The molecule has 0 aliphatic carbocycles. The Morgan fingerprint density at radius 3 is 1.94 bits per heavy atom. The molecule has 0 amide bonds. The standard InChI is InChI=1S/C14H26O2/c1-9-14(11(4)5,13(6,7)8)16-12(15)10(2)3/h11H,2,9H2,1,3-8H3. The van der Waals surface area contributed by atoms with E-state index >= 15 is 0 Å². The van der Waals surface area contributed by atoms with Gasteiger partial charge in [0.05, 0.1) is 0 Å². The van der Waals surface area contributed by atoms with Gasteiger partial charge in [-0.2, -0.15) is 0 Å². The van der Waals surface area contributed by atoms with Gasteiger partial charge in [0.25, 0.3) is 0 Å². The van der Waals surface area contributed by atoms with Crippen LogP contribution >= 0.6 is 0 Å². The molecule has 0 N–H and O–H groups in total. The summed E-state index contributed by atoms with van der Waals surface area (Å²) in [5.41, 5.74) is -0.0490. The maximum atomic E-state index is 11.7. The second kappa shape index (κ2) is 5.03. The van der Waals surface area contributed by atoms with Gasteiger partial charge >= 0.3 is 5.97 Å². The minimum Gasteiger partial charge on any atom is -0.455 e. The lowest BCUT2D eigenvalue weighted by molar-refractivity contribution is -0.179. The summed E-state index contributed by atoms with van der Waals surface area (Å²) < 4.78 is 5.74. The van der Waals surface area contributed by atoms with E-state index in [0.717, 1.165) is 6.42 Å². The first-order chi connectivity index (χ1) is 7.08. The van der Waals surface area contributed by atoms with Crippen LogP contribution in [0.15, 0.2) is 12.2 Å². The molecule has 0 aromatic heterocycles. The van der Waals surface area contributed by atoms with Crippen LogP contribution in [0, 0.1) is 11.3 Å². The first kappa shape index (κ1) is 15.2. The number of carbonyl (C=O) groups is 1. The average Bonchev–Trinajstić information content (AvgIpc) is 2.10. The lowest BCUT2D eigenvalue weighted by atomic mass is 9.68. The number of carbonyl (C=O) groups excluding carboxylic acids is 1. The molecule has 1 unspecified atom stereocenters. The fourth-order valence-corrected chi connectivity index (χ4v) is 2.40. The quantitative estimate of drug-likeness (QED) is 0.536. The molecule has 2 heteroatoms. The molecule has 0 bridgehead atoms. The third-order valence-electron chi connectivity index (χ3n) is 3.35. The van der Waals surface area contributed by atoms with Gasteiger partial charge in [-0.25, -0.2) is 4.79 Å². The van der Waals surface area contributed by atoms with Crippen molar-refractivity contribution >= 4 is 5.97 Å². The van der Waals surface area contributed by atoms with Crippen LogP contribution in [0.5, 0.6) is 0 Å². The summed E-state index contributed by atoms with van der Waals surface area (Å²) in [6, 6.07) is 0. The molecule has 0 spiro atoms. The van der Waals surface area contributed by atoms with Crippen LogP contribution in [0.4, 0.5) is 0 Å². The van der Waals surface area contributed by atoms with Gasteiger partial charge in [-0.05, 0) is 19.3 Å². The van der Waals surface area contributed by atoms with Crippen LogP contribution < -0.4 is 0 Å². The fraction of sp³-hybridized carbons (Fsp3) is 0.786. The van der Waals surface area contributed by atoms with Crippen molar-refractivity contribution in [2.75, 3.05) is 0 Å². The summed E-state index contributed by atoms with van der Waals surface area (Å²) in [5.74, 6) is -0.00808. The van der Waals surface area contributed by atoms with Crippen LogP contribution in [0.25, 0.3) is 0 Å². The topological polar surface area (TPSA) is 26.3 Å². The highest BCUT2D eigenvalue weighted by molar-refractivity contribution is 5.87. The molecule has 94 valence electrons. The van der Waals surface area contributed by atoms with Crippen molar-refractivity contribution in [3.63, 3.8) is 0 Å². The van der Waals surface area contributed by atoms with E-state index in [1.54, 1.807) is 6.92 Å². The molecule has 0 fully saturated rings. The molecule has 1 atom stereocenters. The third kappa shape index (κ3) is 2.87. The summed E-state index contributed by atoms with van der Waals surface area (Å²) >= 11 is 0. The molecule has 0 aromatic carbocycles. The molecule has 0 rings (SSSR count). The van der Waals surface area contributed by atoms with Crippen molar-refractivity contribution in [1.29, 1.82) is 0 Å². The zero-order valence-corrected chi connectivity index (χ0v) is 11.8. The number of hydrogen-bond acceptors (Lipinski definition) is 2. The van der Waals surface area contributed by atoms with Gasteiger partial charge in [-0.3, -0.25) is 0 Å². The van der Waals surface area contributed by atoms with Gasteiger partial charge in [-0.15, -0.1) is 0 Å². The molecule has 0 aromatic rings. The lowest BCUT2D eigenvalue weighted by Crippen LogP contribution is -2.50. The zero-order chi connectivity index (χ0) is 13.1. The van der Waals surface area contributed by atoms with E-state index in [4.69, 9.17) is 4.74 Å². The summed E-state index contributed by atoms with van der Waals surface area (Å²) in [4.78, 5) is 11.7. The summed E-state index contributed by atoms with van der Waals surface area (Å²) in [5, 5.41) is 0. The van der Waals surface area contributed by atoms with Crippen LogP contribution in [-0.4, -0.2) is 11.6 Å². The van der Waals surface area contributed by atoms with Gasteiger partial charge in [0.15, 0.2) is 0 Å². The summed E-state index contributed by atoms with van der Waals surface area (Å²) in [6.07, 6.45) is 0.813. The highest BCUT2D eigenvalue weighted by Crippen LogP contribution is 2.42. The normalized spacial score (nSPS) is 15.8. The molecule has 16 heavy (non-hydrogen) atoms. The summed E-state index contributed by atoms with van der Waals surface area (Å²) in [6.45, 7) is 17.9. The van der Waals surface area contributed by atoms with Gasteiger partial charge in [0, 0.05) is 11.0 Å².